The SMILES string of the molecule is CN1CCN(C(=O)OC2NC(=O)c3nccnc32)C(c2ccc(Cl)cn2)C1. The van der Waals surface area contributed by atoms with Gasteiger partial charge in [-0.1, -0.05) is 11.6 Å². The van der Waals surface area contributed by atoms with E-state index >= 15 is 0 Å². The molecule has 2 aliphatic rings. The van der Waals surface area contributed by atoms with Crippen molar-refractivity contribution in [1.82, 2.24) is 30.1 Å². The third-order valence-electron chi connectivity index (χ3n) is 4.58. The van der Waals surface area contributed by atoms with Gasteiger partial charge in [0.2, 0.25) is 6.23 Å². The van der Waals surface area contributed by atoms with E-state index in [1.807, 2.05) is 7.05 Å². The van der Waals surface area contributed by atoms with Crippen LogP contribution in [0.15, 0.2) is 30.7 Å². The lowest BCUT2D eigenvalue weighted by Gasteiger charge is -2.39. The van der Waals surface area contributed by atoms with Crippen molar-refractivity contribution >= 4 is 23.6 Å². The van der Waals surface area contributed by atoms with Gasteiger partial charge >= 0.3 is 6.09 Å². The summed E-state index contributed by atoms with van der Waals surface area (Å²) in [6, 6.07) is 3.25. The fourth-order valence-corrected chi connectivity index (χ4v) is 3.31. The van der Waals surface area contributed by atoms with E-state index in [9.17, 15) is 9.59 Å². The van der Waals surface area contributed by atoms with E-state index in [1.165, 1.54) is 12.4 Å². The van der Waals surface area contributed by atoms with Crippen LogP contribution in [-0.2, 0) is 4.74 Å². The van der Waals surface area contributed by atoms with Gasteiger partial charge in [-0.15, -0.1) is 0 Å². The minimum atomic E-state index is -0.952. The Hall–Kier alpha value is -2.78. The number of nitrogens with zero attached hydrogens (tertiary/aromatic N) is 5. The van der Waals surface area contributed by atoms with Gasteiger partial charge in [-0.2, -0.15) is 0 Å². The minimum absolute atomic E-state index is 0.171. The zero-order chi connectivity index (χ0) is 19.0. The van der Waals surface area contributed by atoms with Crippen molar-refractivity contribution in [2.45, 2.75) is 12.3 Å². The standard InChI is InChI=1S/C17H17ClN6O3/c1-23-6-7-24(12(9-23)11-3-2-10(18)8-21-11)17(26)27-16-14-13(15(25)22-16)19-4-5-20-14/h2-5,8,12,16H,6-7,9H2,1H3,(H,22,25). The first kappa shape index (κ1) is 17.6. The van der Waals surface area contributed by atoms with E-state index < -0.39 is 18.2 Å². The number of fused-ring (bicyclic) bond motifs is 1. The Morgan fingerprint density at radius 2 is 2.07 bits per heavy atom. The maximum atomic E-state index is 12.9. The summed E-state index contributed by atoms with van der Waals surface area (Å²) in [5.41, 5.74) is 1.20. The molecule has 0 saturated carbocycles. The van der Waals surface area contributed by atoms with E-state index in [2.05, 4.69) is 25.2 Å². The van der Waals surface area contributed by atoms with Crippen molar-refractivity contribution in [3.05, 3.63) is 52.8 Å². The van der Waals surface area contributed by atoms with E-state index in [0.717, 1.165) is 5.69 Å². The maximum absolute atomic E-state index is 12.9. The number of carbonyl (C=O) groups is 2. The third kappa shape index (κ3) is 3.43. The van der Waals surface area contributed by atoms with Gasteiger partial charge < -0.3 is 15.0 Å². The van der Waals surface area contributed by atoms with Gasteiger partial charge in [-0.05, 0) is 19.2 Å². The van der Waals surface area contributed by atoms with Gasteiger partial charge in [0.1, 0.15) is 5.69 Å². The molecule has 2 aliphatic heterocycles. The zero-order valence-electron chi connectivity index (χ0n) is 14.5. The first-order chi connectivity index (χ1) is 13.0. The number of hydrogen-bond donors (Lipinski definition) is 1. The largest absolute Gasteiger partial charge is 0.419 e. The Bertz CT molecular complexity index is 877. The topological polar surface area (TPSA) is 101 Å². The van der Waals surface area contributed by atoms with Crippen molar-refractivity contribution in [3.63, 3.8) is 0 Å². The fourth-order valence-electron chi connectivity index (χ4n) is 3.20. The summed E-state index contributed by atoms with van der Waals surface area (Å²) in [5, 5.41) is 3.11. The number of halogens is 1. The Labute approximate surface area is 160 Å². The molecule has 2 amide bonds. The normalized spacial score (nSPS) is 22.3. The molecule has 2 aromatic rings. The van der Waals surface area contributed by atoms with Crippen LogP contribution < -0.4 is 5.32 Å². The molecule has 4 heterocycles. The Morgan fingerprint density at radius 1 is 1.26 bits per heavy atom. The summed E-state index contributed by atoms with van der Waals surface area (Å²) in [4.78, 5) is 41.0. The van der Waals surface area contributed by atoms with Crippen molar-refractivity contribution < 1.29 is 14.3 Å². The Kier molecular flexibility index (Phi) is 4.63. The predicted molar refractivity (Wildman–Crippen MR) is 94.9 cm³/mol. The molecule has 0 bridgehead atoms. The molecule has 9 nitrogen and oxygen atoms in total. The second-order valence-electron chi connectivity index (χ2n) is 6.40. The van der Waals surface area contributed by atoms with Crippen LogP contribution in [0, 0.1) is 0 Å². The van der Waals surface area contributed by atoms with Crippen LogP contribution in [0.4, 0.5) is 4.79 Å². The molecule has 2 atom stereocenters. The molecular weight excluding hydrogens is 372 g/mol. The number of pyridine rings is 1. The molecule has 1 fully saturated rings. The summed E-state index contributed by atoms with van der Waals surface area (Å²) < 4.78 is 5.54. The highest BCUT2D eigenvalue weighted by Crippen LogP contribution is 2.28. The smallest absolute Gasteiger partial charge is 0.412 e. The summed E-state index contributed by atoms with van der Waals surface area (Å²) in [5.74, 6) is -0.412. The summed E-state index contributed by atoms with van der Waals surface area (Å²) in [6.07, 6.45) is 2.93. The second-order valence-corrected chi connectivity index (χ2v) is 6.84. The number of amides is 2. The van der Waals surface area contributed by atoms with Crippen molar-refractivity contribution in [2.24, 2.45) is 0 Å². The zero-order valence-corrected chi connectivity index (χ0v) is 15.3. The fraction of sp³-hybridized carbons (Fsp3) is 0.353. The van der Waals surface area contributed by atoms with Gasteiger partial charge in [0.25, 0.3) is 5.91 Å². The van der Waals surface area contributed by atoms with Gasteiger partial charge in [-0.25, -0.2) is 9.78 Å². The Morgan fingerprint density at radius 3 is 2.85 bits per heavy atom. The van der Waals surface area contributed by atoms with Gasteiger partial charge in [0.15, 0.2) is 5.69 Å². The number of nitrogens with one attached hydrogen (secondary N) is 1. The summed E-state index contributed by atoms with van der Waals surface area (Å²) in [6.45, 7) is 1.78. The first-order valence-electron chi connectivity index (χ1n) is 8.42. The molecule has 2 unspecified atom stereocenters. The molecule has 2 aromatic heterocycles. The number of aromatic nitrogens is 3. The minimum Gasteiger partial charge on any atom is -0.419 e. The number of hydrogen-bond acceptors (Lipinski definition) is 7. The van der Waals surface area contributed by atoms with Crippen molar-refractivity contribution in [1.29, 1.82) is 0 Å². The van der Waals surface area contributed by atoms with Crippen molar-refractivity contribution in [2.75, 3.05) is 26.7 Å². The molecule has 0 aromatic carbocycles. The second kappa shape index (κ2) is 7.09. The Balaban J connectivity index is 1.55. The van der Waals surface area contributed by atoms with Crippen LogP contribution in [0.5, 0.6) is 0 Å². The highest BCUT2D eigenvalue weighted by molar-refractivity contribution is 6.30. The molecule has 27 heavy (non-hydrogen) atoms. The van der Waals surface area contributed by atoms with Crippen LogP contribution in [0.1, 0.15) is 34.1 Å². The van der Waals surface area contributed by atoms with Gasteiger partial charge in [-0.3, -0.25) is 19.7 Å². The molecule has 10 heteroatoms. The molecule has 4 rings (SSSR count). The number of piperazine rings is 1. The lowest BCUT2D eigenvalue weighted by molar-refractivity contribution is 0.0190. The van der Waals surface area contributed by atoms with Crippen LogP contribution in [-0.4, -0.2) is 63.4 Å². The number of carbonyl (C=O) groups excluding carboxylic acids is 2. The van der Waals surface area contributed by atoms with Crippen LogP contribution in [0.25, 0.3) is 0 Å². The van der Waals surface area contributed by atoms with Gasteiger partial charge in [0, 0.05) is 38.2 Å². The molecule has 1 saturated heterocycles. The summed E-state index contributed by atoms with van der Waals surface area (Å²) in [7, 11) is 1.98. The summed E-state index contributed by atoms with van der Waals surface area (Å²) >= 11 is 5.92. The quantitative estimate of drug-likeness (QED) is 0.829. The molecule has 140 valence electrons. The number of likely N-dealkylation sites (N-methyl/N-ethyl adjacent to an activating group) is 1. The van der Waals surface area contributed by atoms with Gasteiger partial charge in [0.05, 0.1) is 16.8 Å². The van der Waals surface area contributed by atoms with E-state index in [0.29, 0.717) is 30.4 Å². The highest BCUT2D eigenvalue weighted by atomic mass is 35.5. The lowest BCUT2D eigenvalue weighted by atomic mass is 10.1. The van der Waals surface area contributed by atoms with E-state index in [1.54, 1.807) is 23.2 Å². The van der Waals surface area contributed by atoms with Crippen molar-refractivity contribution in [3.8, 4) is 0 Å². The first-order valence-corrected chi connectivity index (χ1v) is 8.80. The average Bonchev–Trinajstić information content (AvgIpc) is 2.98. The van der Waals surface area contributed by atoms with Crippen LogP contribution in [0.2, 0.25) is 5.02 Å². The number of ether oxygens (including phenoxy) is 1. The monoisotopic (exact) mass is 388 g/mol. The van der Waals surface area contributed by atoms with E-state index in [4.69, 9.17) is 16.3 Å². The van der Waals surface area contributed by atoms with Crippen LogP contribution in [0.3, 0.4) is 0 Å². The average molecular weight is 389 g/mol. The lowest BCUT2D eigenvalue weighted by Crippen LogP contribution is -2.50. The number of rotatable bonds is 2. The van der Waals surface area contributed by atoms with E-state index in [-0.39, 0.29) is 11.7 Å². The highest BCUT2D eigenvalue weighted by Gasteiger charge is 2.38. The molecule has 1 N–H and O–H groups in total. The maximum Gasteiger partial charge on any atom is 0.412 e. The molecular formula is C17H17ClN6O3. The third-order valence-corrected chi connectivity index (χ3v) is 4.80. The molecule has 0 aliphatic carbocycles. The van der Waals surface area contributed by atoms with Crippen LogP contribution >= 0.6 is 11.6 Å². The predicted octanol–water partition coefficient (Wildman–Crippen LogP) is 1.39. The molecule has 0 radical (unpaired) electrons. The molecule has 0 spiro atoms.